The van der Waals surface area contributed by atoms with E-state index in [1.807, 2.05) is 6.92 Å². The molecular weight excluding hydrogens is 242 g/mol. The maximum Gasteiger partial charge on any atom is 0.237 e. The standard InChI is InChI=1S/C14H27N3O2/c1-4-6-8-15-14(18)11(3)17-9-7-13(16-19)12(5-2)10-17/h11-12,19H,4-10H2,1-3H3,(H,15,18). The van der Waals surface area contributed by atoms with Crippen molar-refractivity contribution in [2.24, 2.45) is 11.1 Å². The smallest absolute Gasteiger partial charge is 0.237 e. The average molecular weight is 269 g/mol. The van der Waals surface area contributed by atoms with Crippen LogP contribution in [0.25, 0.3) is 0 Å². The predicted molar refractivity (Wildman–Crippen MR) is 76.6 cm³/mol. The van der Waals surface area contributed by atoms with Crippen molar-refractivity contribution in [1.29, 1.82) is 0 Å². The highest BCUT2D eigenvalue weighted by Gasteiger charge is 2.30. The molecule has 0 saturated carbocycles. The van der Waals surface area contributed by atoms with Crippen LogP contribution >= 0.6 is 0 Å². The third-order valence-electron chi connectivity index (χ3n) is 3.96. The fourth-order valence-corrected chi connectivity index (χ4v) is 2.49. The number of amides is 1. The second-order valence-corrected chi connectivity index (χ2v) is 5.26. The van der Waals surface area contributed by atoms with Crippen molar-refractivity contribution in [3.05, 3.63) is 0 Å². The second-order valence-electron chi connectivity index (χ2n) is 5.26. The van der Waals surface area contributed by atoms with Crippen molar-refractivity contribution in [2.75, 3.05) is 19.6 Å². The predicted octanol–water partition coefficient (Wildman–Crippen LogP) is 1.85. The van der Waals surface area contributed by atoms with Gasteiger partial charge in [-0.3, -0.25) is 9.69 Å². The van der Waals surface area contributed by atoms with Gasteiger partial charge in [-0.15, -0.1) is 0 Å². The van der Waals surface area contributed by atoms with Crippen molar-refractivity contribution in [1.82, 2.24) is 10.2 Å². The first-order valence-electron chi connectivity index (χ1n) is 7.36. The van der Waals surface area contributed by atoms with Crippen LogP contribution in [0.3, 0.4) is 0 Å². The van der Waals surface area contributed by atoms with Crippen LogP contribution in [0.15, 0.2) is 5.16 Å². The first-order chi connectivity index (χ1) is 9.13. The van der Waals surface area contributed by atoms with Gasteiger partial charge in [-0.05, 0) is 19.8 Å². The minimum Gasteiger partial charge on any atom is -0.411 e. The van der Waals surface area contributed by atoms with Crippen molar-refractivity contribution in [3.63, 3.8) is 0 Å². The molecule has 0 aromatic heterocycles. The summed E-state index contributed by atoms with van der Waals surface area (Å²) in [6.45, 7) is 8.51. The molecule has 0 bridgehead atoms. The van der Waals surface area contributed by atoms with Gasteiger partial charge in [-0.2, -0.15) is 0 Å². The van der Waals surface area contributed by atoms with E-state index in [-0.39, 0.29) is 17.9 Å². The molecule has 0 spiro atoms. The second kappa shape index (κ2) is 8.15. The molecule has 0 radical (unpaired) electrons. The molecule has 1 amide bonds. The third kappa shape index (κ3) is 4.49. The van der Waals surface area contributed by atoms with E-state index >= 15 is 0 Å². The van der Waals surface area contributed by atoms with E-state index in [9.17, 15) is 4.79 Å². The van der Waals surface area contributed by atoms with Gasteiger partial charge in [0.1, 0.15) is 0 Å². The Hall–Kier alpha value is -1.10. The number of oxime groups is 1. The highest BCUT2D eigenvalue weighted by Crippen LogP contribution is 2.19. The lowest BCUT2D eigenvalue weighted by molar-refractivity contribution is -0.126. The number of unbranched alkanes of at least 4 members (excludes halogenated alkanes) is 1. The zero-order valence-electron chi connectivity index (χ0n) is 12.4. The summed E-state index contributed by atoms with van der Waals surface area (Å²) in [6.07, 6.45) is 3.81. The summed E-state index contributed by atoms with van der Waals surface area (Å²) in [5.74, 6) is 0.373. The van der Waals surface area contributed by atoms with Gasteiger partial charge in [0.15, 0.2) is 0 Å². The Morgan fingerprint density at radius 1 is 1.58 bits per heavy atom. The van der Waals surface area contributed by atoms with E-state index in [4.69, 9.17) is 5.21 Å². The Kier molecular flexibility index (Phi) is 6.84. The highest BCUT2D eigenvalue weighted by atomic mass is 16.4. The van der Waals surface area contributed by atoms with E-state index in [0.29, 0.717) is 0 Å². The van der Waals surface area contributed by atoms with Crippen LogP contribution in [0.1, 0.15) is 46.5 Å². The fourth-order valence-electron chi connectivity index (χ4n) is 2.49. The highest BCUT2D eigenvalue weighted by molar-refractivity contribution is 5.88. The van der Waals surface area contributed by atoms with Crippen molar-refractivity contribution >= 4 is 11.6 Å². The first kappa shape index (κ1) is 16.0. The topological polar surface area (TPSA) is 64.9 Å². The van der Waals surface area contributed by atoms with E-state index in [0.717, 1.165) is 51.0 Å². The van der Waals surface area contributed by atoms with Gasteiger partial charge in [0.25, 0.3) is 0 Å². The third-order valence-corrected chi connectivity index (χ3v) is 3.96. The monoisotopic (exact) mass is 269 g/mol. The van der Waals surface area contributed by atoms with E-state index in [2.05, 4.69) is 29.2 Å². The van der Waals surface area contributed by atoms with E-state index in [1.165, 1.54) is 0 Å². The zero-order valence-corrected chi connectivity index (χ0v) is 12.4. The zero-order chi connectivity index (χ0) is 14.3. The van der Waals surface area contributed by atoms with E-state index < -0.39 is 0 Å². The van der Waals surface area contributed by atoms with Gasteiger partial charge in [0, 0.05) is 32.0 Å². The van der Waals surface area contributed by atoms with Crippen LogP contribution in [-0.2, 0) is 4.79 Å². The SMILES string of the molecule is CCCCNC(=O)C(C)N1CCC(=NO)C(CC)C1. The summed E-state index contributed by atoms with van der Waals surface area (Å²) in [5.41, 5.74) is 0.873. The number of carbonyl (C=O) groups is 1. The molecule has 2 N–H and O–H groups in total. The molecule has 1 rings (SSSR count). The lowest BCUT2D eigenvalue weighted by Gasteiger charge is -2.36. The Balaban J connectivity index is 2.49. The molecule has 0 aliphatic carbocycles. The molecule has 1 heterocycles. The van der Waals surface area contributed by atoms with Crippen LogP contribution in [-0.4, -0.2) is 47.4 Å². The van der Waals surface area contributed by atoms with Gasteiger partial charge in [0.05, 0.1) is 11.8 Å². The minimum absolute atomic E-state index is 0.104. The summed E-state index contributed by atoms with van der Waals surface area (Å²) in [4.78, 5) is 14.2. The molecule has 5 heteroatoms. The molecule has 1 saturated heterocycles. The normalized spacial score (nSPS) is 24.4. The molecule has 2 unspecified atom stereocenters. The largest absolute Gasteiger partial charge is 0.411 e. The summed E-state index contributed by atoms with van der Waals surface area (Å²) in [7, 11) is 0. The number of nitrogens with one attached hydrogen (secondary N) is 1. The molecule has 2 atom stereocenters. The Labute approximate surface area is 116 Å². The summed E-state index contributed by atoms with van der Waals surface area (Å²) < 4.78 is 0. The van der Waals surface area contributed by atoms with Gasteiger partial charge in [0.2, 0.25) is 5.91 Å². The van der Waals surface area contributed by atoms with Crippen molar-refractivity contribution < 1.29 is 10.0 Å². The maximum atomic E-state index is 12.0. The summed E-state index contributed by atoms with van der Waals surface area (Å²) in [5, 5.41) is 15.3. The number of piperidine rings is 1. The first-order valence-corrected chi connectivity index (χ1v) is 7.36. The Bertz CT molecular complexity index is 318. The summed E-state index contributed by atoms with van der Waals surface area (Å²) >= 11 is 0. The molecule has 19 heavy (non-hydrogen) atoms. The van der Waals surface area contributed by atoms with Crippen LogP contribution in [0, 0.1) is 5.92 Å². The quantitative estimate of drug-likeness (QED) is 0.439. The maximum absolute atomic E-state index is 12.0. The molecular formula is C14H27N3O2. The lowest BCUT2D eigenvalue weighted by Crippen LogP contribution is -2.51. The lowest BCUT2D eigenvalue weighted by atomic mass is 9.92. The number of likely N-dealkylation sites (tertiary alicyclic amines) is 1. The molecule has 1 fully saturated rings. The molecule has 1 aliphatic heterocycles. The van der Waals surface area contributed by atoms with Gasteiger partial charge in [-0.1, -0.05) is 25.4 Å². The number of rotatable bonds is 6. The van der Waals surface area contributed by atoms with Crippen LogP contribution in [0.2, 0.25) is 0 Å². The minimum atomic E-state index is -0.105. The Morgan fingerprint density at radius 3 is 2.89 bits per heavy atom. The van der Waals surface area contributed by atoms with Crippen LogP contribution < -0.4 is 5.32 Å². The van der Waals surface area contributed by atoms with Gasteiger partial charge >= 0.3 is 0 Å². The number of nitrogens with zero attached hydrogens (tertiary/aromatic N) is 2. The number of hydrogen-bond donors (Lipinski definition) is 2. The van der Waals surface area contributed by atoms with Crippen molar-refractivity contribution in [2.45, 2.75) is 52.5 Å². The number of carbonyl (C=O) groups excluding carboxylic acids is 1. The fraction of sp³-hybridized carbons (Fsp3) is 0.857. The molecule has 110 valence electrons. The summed E-state index contributed by atoms with van der Waals surface area (Å²) in [6, 6.07) is -0.105. The van der Waals surface area contributed by atoms with Gasteiger partial charge in [-0.25, -0.2) is 0 Å². The number of hydrogen-bond acceptors (Lipinski definition) is 4. The molecule has 0 aromatic carbocycles. The molecule has 0 aromatic rings. The molecule has 5 nitrogen and oxygen atoms in total. The Morgan fingerprint density at radius 2 is 2.32 bits per heavy atom. The van der Waals surface area contributed by atoms with Gasteiger partial charge < -0.3 is 10.5 Å². The van der Waals surface area contributed by atoms with E-state index in [1.54, 1.807) is 0 Å². The molecule has 1 aliphatic rings. The van der Waals surface area contributed by atoms with Crippen LogP contribution in [0.4, 0.5) is 0 Å². The van der Waals surface area contributed by atoms with Crippen LogP contribution in [0.5, 0.6) is 0 Å². The van der Waals surface area contributed by atoms with Crippen molar-refractivity contribution in [3.8, 4) is 0 Å². The average Bonchev–Trinajstić information content (AvgIpc) is 2.45.